The first-order chi connectivity index (χ1) is 12.8. The van der Waals surface area contributed by atoms with Crippen LogP contribution < -0.4 is 10.9 Å². The van der Waals surface area contributed by atoms with Crippen molar-refractivity contribution in [2.24, 2.45) is 0 Å². The first kappa shape index (κ1) is 19.1. The molecule has 8 heteroatoms. The van der Waals surface area contributed by atoms with E-state index in [0.29, 0.717) is 22.1 Å². The van der Waals surface area contributed by atoms with Gasteiger partial charge in [-0.05, 0) is 37.3 Å². The third kappa shape index (κ3) is 4.53. The first-order valence-electron chi connectivity index (χ1n) is 7.93. The second kappa shape index (κ2) is 7.90. The Labute approximate surface area is 164 Å². The minimum atomic E-state index is -0.543. The van der Waals surface area contributed by atoms with E-state index in [0.717, 1.165) is 6.07 Å². The number of halogens is 3. The predicted octanol–water partition coefficient (Wildman–Crippen LogP) is 4.30. The van der Waals surface area contributed by atoms with Crippen LogP contribution in [0.5, 0.6) is 0 Å². The number of carbonyl (C=O) groups excluding carboxylic acids is 1. The lowest BCUT2D eigenvalue weighted by Gasteiger charge is -2.14. The molecule has 0 fully saturated rings. The fourth-order valence-electron chi connectivity index (χ4n) is 2.55. The van der Waals surface area contributed by atoms with Crippen LogP contribution in [-0.2, 0) is 11.3 Å². The molecule has 138 valence electrons. The van der Waals surface area contributed by atoms with Crippen molar-refractivity contribution in [3.63, 3.8) is 0 Å². The third-order valence-corrected chi connectivity index (χ3v) is 4.29. The van der Waals surface area contributed by atoms with E-state index in [1.165, 1.54) is 22.8 Å². The number of aryl methyl sites for hydroxylation is 1. The second-order valence-electron chi connectivity index (χ2n) is 5.83. The maximum atomic E-state index is 13.4. The Morgan fingerprint density at radius 1 is 1.19 bits per heavy atom. The molecule has 1 heterocycles. The zero-order chi connectivity index (χ0) is 19.6. The lowest BCUT2D eigenvalue weighted by Crippen LogP contribution is -2.29. The van der Waals surface area contributed by atoms with Gasteiger partial charge in [0.1, 0.15) is 18.2 Å². The molecule has 3 aromatic rings. The maximum Gasteiger partial charge on any atom is 0.254 e. The number of nitrogens with one attached hydrogen (secondary N) is 1. The summed E-state index contributed by atoms with van der Waals surface area (Å²) in [4.78, 5) is 29.3. The van der Waals surface area contributed by atoms with E-state index in [1.807, 2.05) is 0 Å². The molecule has 0 saturated carbocycles. The SMILES string of the molecule is Cc1cc(=O)n(CC(=O)Nc2cc(F)ccc2Cl)c(-c2cccc(Cl)c2)n1. The van der Waals surface area contributed by atoms with Crippen LogP contribution in [0.3, 0.4) is 0 Å². The Kier molecular flexibility index (Phi) is 5.58. The molecule has 0 aliphatic heterocycles. The Bertz CT molecular complexity index is 1080. The number of aromatic nitrogens is 2. The summed E-state index contributed by atoms with van der Waals surface area (Å²) in [6, 6.07) is 11.8. The maximum absolute atomic E-state index is 13.4. The molecular formula is C19H14Cl2FN3O2. The molecule has 2 aromatic carbocycles. The number of carbonyl (C=O) groups is 1. The van der Waals surface area contributed by atoms with Crippen molar-refractivity contribution >= 4 is 34.8 Å². The standard InChI is InChI=1S/C19H14Cl2FN3O2/c1-11-7-18(27)25(19(23-11)12-3-2-4-13(20)8-12)10-17(26)24-16-9-14(22)5-6-15(16)21/h2-9H,10H2,1H3,(H,24,26). The highest BCUT2D eigenvalue weighted by Gasteiger charge is 2.14. The predicted molar refractivity (Wildman–Crippen MR) is 104 cm³/mol. The normalized spacial score (nSPS) is 10.7. The van der Waals surface area contributed by atoms with E-state index >= 15 is 0 Å². The molecule has 0 saturated heterocycles. The van der Waals surface area contributed by atoms with Crippen molar-refractivity contribution in [3.05, 3.63) is 80.4 Å². The summed E-state index contributed by atoms with van der Waals surface area (Å²) < 4.78 is 14.6. The Morgan fingerprint density at radius 3 is 2.70 bits per heavy atom. The molecule has 0 atom stereocenters. The van der Waals surface area contributed by atoms with E-state index in [4.69, 9.17) is 23.2 Å². The molecule has 27 heavy (non-hydrogen) atoms. The molecule has 0 aliphatic rings. The van der Waals surface area contributed by atoms with E-state index < -0.39 is 17.3 Å². The van der Waals surface area contributed by atoms with Crippen LogP contribution in [-0.4, -0.2) is 15.5 Å². The summed E-state index contributed by atoms with van der Waals surface area (Å²) in [6.07, 6.45) is 0. The summed E-state index contributed by atoms with van der Waals surface area (Å²) in [6.45, 7) is 1.37. The highest BCUT2D eigenvalue weighted by molar-refractivity contribution is 6.33. The van der Waals surface area contributed by atoms with Gasteiger partial charge in [0.2, 0.25) is 5.91 Å². The van der Waals surface area contributed by atoms with Gasteiger partial charge >= 0.3 is 0 Å². The quantitative estimate of drug-likeness (QED) is 0.703. The Hall–Kier alpha value is -2.70. The zero-order valence-electron chi connectivity index (χ0n) is 14.2. The number of hydrogen-bond acceptors (Lipinski definition) is 3. The topological polar surface area (TPSA) is 64.0 Å². The largest absolute Gasteiger partial charge is 0.323 e. The van der Waals surface area contributed by atoms with Gasteiger partial charge in [-0.15, -0.1) is 0 Å². The third-order valence-electron chi connectivity index (χ3n) is 3.72. The molecule has 1 amide bonds. The number of hydrogen-bond donors (Lipinski definition) is 1. The van der Waals surface area contributed by atoms with Crippen LogP contribution in [0.2, 0.25) is 10.0 Å². The van der Waals surface area contributed by atoms with Crippen LogP contribution >= 0.6 is 23.2 Å². The van der Waals surface area contributed by atoms with Crippen LogP contribution in [0.15, 0.2) is 53.3 Å². The van der Waals surface area contributed by atoms with Crippen molar-refractivity contribution in [1.29, 1.82) is 0 Å². The summed E-state index contributed by atoms with van der Waals surface area (Å²) in [7, 11) is 0. The molecule has 0 radical (unpaired) electrons. The summed E-state index contributed by atoms with van der Waals surface area (Å²) in [5, 5.41) is 3.17. The number of nitrogens with zero attached hydrogens (tertiary/aromatic N) is 2. The zero-order valence-corrected chi connectivity index (χ0v) is 15.7. The molecule has 0 aliphatic carbocycles. The molecule has 3 rings (SSSR count). The Balaban J connectivity index is 1.96. The highest BCUT2D eigenvalue weighted by Crippen LogP contribution is 2.23. The number of anilines is 1. The van der Waals surface area contributed by atoms with E-state index in [2.05, 4.69) is 10.3 Å². The van der Waals surface area contributed by atoms with Gasteiger partial charge in [0, 0.05) is 22.3 Å². The van der Waals surface area contributed by atoms with Crippen molar-refractivity contribution in [1.82, 2.24) is 9.55 Å². The van der Waals surface area contributed by atoms with Gasteiger partial charge in [-0.3, -0.25) is 14.2 Å². The minimum Gasteiger partial charge on any atom is -0.323 e. The molecule has 1 N–H and O–H groups in total. The summed E-state index contributed by atoms with van der Waals surface area (Å²) >= 11 is 12.0. The van der Waals surface area contributed by atoms with Gasteiger partial charge in [0.05, 0.1) is 10.7 Å². The average molecular weight is 406 g/mol. The van der Waals surface area contributed by atoms with Crippen LogP contribution in [0, 0.1) is 12.7 Å². The van der Waals surface area contributed by atoms with Crippen molar-refractivity contribution < 1.29 is 9.18 Å². The molecule has 0 unspecified atom stereocenters. The first-order valence-corrected chi connectivity index (χ1v) is 8.68. The lowest BCUT2D eigenvalue weighted by molar-refractivity contribution is -0.116. The van der Waals surface area contributed by atoms with E-state index in [9.17, 15) is 14.0 Å². The van der Waals surface area contributed by atoms with Gasteiger partial charge in [0.15, 0.2) is 0 Å². The Morgan fingerprint density at radius 2 is 1.96 bits per heavy atom. The van der Waals surface area contributed by atoms with E-state index in [1.54, 1.807) is 31.2 Å². The van der Waals surface area contributed by atoms with Crippen LogP contribution in [0.25, 0.3) is 11.4 Å². The van der Waals surface area contributed by atoms with Crippen molar-refractivity contribution in [3.8, 4) is 11.4 Å². The molecule has 0 bridgehead atoms. The van der Waals surface area contributed by atoms with Crippen molar-refractivity contribution in [2.75, 3.05) is 5.32 Å². The monoisotopic (exact) mass is 405 g/mol. The fraction of sp³-hybridized carbons (Fsp3) is 0.105. The molecular weight excluding hydrogens is 392 g/mol. The van der Waals surface area contributed by atoms with E-state index in [-0.39, 0.29) is 17.3 Å². The highest BCUT2D eigenvalue weighted by atomic mass is 35.5. The van der Waals surface area contributed by atoms with Gasteiger partial charge in [-0.1, -0.05) is 35.3 Å². The smallest absolute Gasteiger partial charge is 0.254 e. The van der Waals surface area contributed by atoms with Crippen molar-refractivity contribution in [2.45, 2.75) is 13.5 Å². The summed E-state index contributed by atoms with van der Waals surface area (Å²) in [5.41, 5.74) is 0.844. The molecule has 0 spiro atoms. The van der Waals surface area contributed by atoms with Crippen LogP contribution in [0.4, 0.5) is 10.1 Å². The number of rotatable bonds is 4. The molecule has 5 nitrogen and oxygen atoms in total. The van der Waals surface area contributed by atoms with Gasteiger partial charge < -0.3 is 5.32 Å². The molecule has 1 aromatic heterocycles. The lowest BCUT2D eigenvalue weighted by atomic mass is 10.2. The fourth-order valence-corrected chi connectivity index (χ4v) is 2.90. The van der Waals surface area contributed by atoms with Gasteiger partial charge in [-0.25, -0.2) is 9.37 Å². The minimum absolute atomic E-state index is 0.124. The second-order valence-corrected chi connectivity index (χ2v) is 6.67. The van der Waals surface area contributed by atoms with Crippen LogP contribution in [0.1, 0.15) is 5.69 Å². The number of amides is 1. The summed E-state index contributed by atoms with van der Waals surface area (Å²) in [5.74, 6) is -0.773. The van der Waals surface area contributed by atoms with Gasteiger partial charge in [-0.2, -0.15) is 0 Å². The average Bonchev–Trinajstić information content (AvgIpc) is 2.60. The van der Waals surface area contributed by atoms with Gasteiger partial charge in [0.25, 0.3) is 5.56 Å². The number of benzene rings is 2.